The first-order chi connectivity index (χ1) is 8.38. The quantitative estimate of drug-likeness (QED) is 0.223. The number of phenolic OH excluding ortho intramolecular Hbond substituents is 1. The first kappa shape index (κ1) is 13.9. The number of benzene rings is 1. The minimum atomic E-state index is -1.47. The molecule has 0 saturated heterocycles. The summed E-state index contributed by atoms with van der Waals surface area (Å²) in [6, 6.07) is 2.53. The third kappa shape index (κ3) is 2.72. The van der Waals surface area contributed by atoms with Crippen LogP contribution in [0.4, 0.5) is 14.5 Å². The summed E-state index contributed by atoms with van der Waals surface area (Å²) >= 11 is 2.74. The van der Waals surface area contributed by atoms with Gasteiger partial charge in [-0.25, -0.2) is 4.39 Å². The van der Waals surface area contributed by atoms with Gasteiger partial charge in [0.05, 0.1) is 4.47 Å². The van der Waals surface area contributed by atoms with E-state index in [0.717, 1.165) is 6.07 Å². The van der Waals surface area contributed by atoms with Crippen LogP contribution in [-0.2, 0) is 0 Å². The zero-order valence-corrected chi connectivity index (χ0v) is 10.2. The molecule has 6 nitrogen and oxygen atoms in total. The number of nitrogens with zero attached hydrogens (tertiary/aromatic N) is 2. The molecule has 1 aromatic carbocycles. The van der Waals surface area contributed by atoms with E-state index in [1.54, 1.807) is 0 Å². The van der Waals surface area contributed by atoms with Crippen molar-refractivity contribution >= 4 is 33.2 Å². The second-order valence-corrected chi connectivity index (χ2v) is 3.83. The lowest BCUT2D eigenvalue weighted by Crippen LogP contribution is -2.21. The number of nitrogens with one attached hydrogen (secondary N) is 2. The third-order valence-corrected chi connectivity index (χ3v) is 2.36. The zero-order chi connectivity index (χ0) is 13.9. The van der Waals surface area contributed by atoms with Gasteiger partial charge in [0.1, 0.15) is 11.8 Å². The van der Waals surface area contributed by atoms with Crippen molar-refractivity contribution < 1.29 is 13.9 Å². The molecule has 5 N–H and O–H groups in total. The van der Waals surface area contributed by atoms with Gasteiger partial charge >= 0.3 is 0 Å². The highest BCUT2D eigenvalue weighted by atomic mass is 79.9. The number of nitrogens with two attached hydrogens (primary N) is 1. The van der Waals surface area contributed by atoms with Gasteiger partial charge in [-0.15, -0.1) is 0 Å². The summed E-state index contributed by atoms with van der Waals surface area (Å²) in [5, 5.41) is 28.2. The summed E-state index contributed by atoms with van der Waals surface area (Å²) < 4.78 is 25.9. The molecule has 0 spiro atoms. The van der Waals surface area contributed by atoms with Gasteiger partial charge in [0, 0.05) is 0 Å². The van der Waals surface area contributed by atoms with E-state index >= 15 is 0 Å². The molecule has 0 aliphatic heterocycles. The smallest absolute Gasteiger partial charge is 0.203 e. The SMILES string of the molecule is N#C/C(=N\Nc1cc(Br)c(F)c(F)c1O)C(=N)N. The minimum absolute atomic E-state index is 0.239. The Balaban J connectivity index is 3.15. The molecular weight excluding hydrogens is 312 g/mol. The van der Waals surface area contributed by atoms with Crippen LogP contribution in [0.3, 0.4) is 0 Å². The van der Waals surface area contributed by atoms with Crippen molar-refractivity contribution in [2.45, 2.75) is 0 Å². The Morgan fingerprint density at radius 1 is 1.56 bits per heavy atom. The van der Waals surface area contributed by atoms with Gasteiger partial charge < -0.3 is 10.8 Å². The van der Waals surface area contributed by atoms with Crippen molar-refractivity contribution in [3.8, 4) is 11.8 Å². The Hall–Kier alpha value is -2.21. The van der Waals surface area contributed by atoms with Crippen molar-refractivity contribution in [3.05, 3.63) is 22.2 Å². The number of hydrogen-bond donors (Lipinski definition) is 4. The molecule has 0 atom stereocenters. The maximum atomic E-state index is 13.1. The standard InChI is InChI=1S/C9H6BrF2N5O/c10-3-1-4(8(18)7(12)6(3)11)16-17-5(2-13)9(14)15/h1,16,18H,(H3,14,15)/b17-5+. The zero-order valence-electron chi connectivity index (χ0n) is 8.63. The maximum Gasteiger partial charge on any atom is 0.203 e. The molecule has 1 rings (SSSR count). The van der Waals surface area contributed by atoms with Crippen LogP contribution in [0.2, 0.25) is 0 Å². The van der Waals surface area contributed by atoms with Crippen LogP contribution >= 0.6 is 15.9 Å². The van der Waals surface area contributed by atoms with Crippen molar-refractivity contribution in [1.82, 2.24) is 0 Å². The van der Waals surface area contributed by atoms with E-state index in [2.05, 4.69) is 26.5 Å². The Labute approximate surface area is 108 Å². The van der Waals surface area contributed by atoms with Crippen molar-refractivity contribution in [1.29, 1.82) is 10.7 Å². The number of rotatable bonds is 3. The molecule has 0 fully saturated rings. The van der Waals surface area contributed by atoms with Crippen LogP contribution in [0.1, 0.15) is 0 Å². The van der Waals surface area contributed by atoms with Crippen molar-refractivity contribution in [2.24, 2.45) is 10.8 Å². The Morgan fingerprint density at radius 3 is 2.67 bits per heavy atom. The van der Waals surface area contributed by atoms with Gasteiger partial charge in [-0.3, -0.25) is 10.8 Å². The van der Waals surface area contributed by atoms with Crippen molar-refractivity contribution in [2.75, 3.05) is 5.43 Å². The molecule has 0 amide bonds. The summed E-state index contributed by atoms with van der Waals surface area (Å²) in [4.78, 5) is 0. The molecule has 0 saturated carbocycles. The Kier molecular flexibility index (Phi) is 4.17. The normalized spacial score (nSPS) is 10.9. The predicted octanol–water partition coefficient (Wildman–Crippen LogP) is 1.66. The van der Waals surface area contributed by atoms with Crippen LogP contribution < -0.4 is 11.2 Å². The number of hydrogen-bond acceptors (Lipinski definition) is 5. The van der Waals surface area contributed by atoms with E-state index in [1.165, 1.54) is 6.07 Å². The van der Waals surface area contributed by atoms with Crippen molar-refractivity contribution in [3.63, 3.8) is 0 Å². The summed E-state index contributed by atoms with van der Waals surface area (Å²) in [6.45, 7) is 0. The largest absolute Gasteiger partial charge is 0.503 e. The highest BCUT2D eigenvalue weighted by Gasteiger charge is 2.16. The van der Waals surface area contributed by atoms with Gasteiger partial charge in [0.15, 0.2) is 17.4 Å². The molecule has 0 aliphatic rings. The average Bonchev–Trinajstić information content (AvgIpc) is 2.33. The fourth-order valence-electron chi connectivity index (χ4n) is 0.932. The molecular formula is C9H6BrF2N5O. The molecule has 0 aliphatic carbocycles. The molecule has 0 heterocycles. The minimum Gasteiger partial charge on any atom is -0.503 e. The average molecular weight is 318 g/mol. The van der Waals surface area contributed by atoms with Crippen LogP contribution in [-0.4, -0.2) is 16.7 Å². The van der Waals surface area contributed by atoms with Gasteiger partial charge in [0.2, 0.25) is 11.5 Å². The van der Waals surface area contributed by atoms with E-state index in [9.17, 15) is 13.9 Å². The summed E-state index contributed by atoms with van der Waals surface area (Å²) in [5.74, 6) is -4.33. The summed E-state index contributed by atoms with van der Waals surface area (Å²) in [7, 11) is 0. The van der Waals surface area contributed by atoms with Crippen LogP contribution in [0.15, 0.2) is 15.6 Å². The van der Waals surface area contributed by atoms with E-state index in [0.29, 0.717) is 0 Å². The monoisotopic (exact) mass is 317 g/mol. The number of anilines is 1. The third-order valence-electron chi connectivity index (χ3n) is 1.79. The molecule has 18 heavy (non-hydrogen) atoms. The second-order valence-electron chi connectivity index (χ2n) is 2.98. The number of halogens is 3. The van der Waals surface area contributed by atoms with Crippen LogP contribution in [0.5, 0.6) is 5.75 Å². The molecule has 9 heteroatoms. The van der Waals surface area contributed by atoms with Crippen LogP contribution in [0, 0.1) is 28.4 Å². The van der Waals surface area contributed by atoms with Gasteiger partial charge in [-0.2, -0.15) is 14.8 Å². The Bertz CT molecular complexity index is 581. The van der Waals surface area contributed by atoms with E-state index < -0.39 is 28.9 Å². The topological polar surface area (TPSA) is 118 Å². The summed E-state index contributed by atoms with van der Waals surface area (Å²) in [5.41, 5.74) is 6.38. The number of phenols is 1. The first-order valence-electron chi connectivity index (χ1n) is 4.33. The lowest BCUT2D eigenvalue weighted by atomic mass is 10.3. The summed E-state index contributed by atoms with van der Waals surface area (Å²) in [6.07, 6.45) is 0. The van der Waals surface area contributed by atoms with E-state index in [4.69, 9.17) is 16.4 Å². The van der Waals surface area contributed by atoms with Crippen LogP contribution in [0.25, 0.3) is 0 Å². The van der Waals surface area contributed by atoms with E-state index in [1.807, 2.05) is 0 Å². The fourth-order valence-corrected chi connectivity index (χ4v) is 1.34. The maximum absolute atomic E-state index is 13.1. The van der Waals surface area contributed by atoms with Gasteiger partial charge in [-0.1, -0.05) is 0 Å². The molecule has 94 valence electrons. The predicted molar refractivity (Wildman–Crippen MR) is 64.3 cm³/mol. The number of amidine groups is 1. The molecule has 0 bridgehead atoms. The molecule has 0 radical (unpaired) electrons. The number of nitriles is 1. The van der Waals surface area contributed by atoms with E-state index in [-0.39, 0.29) is 10.2 Å². The lowest BCUT2D eigenvalue weighted by molar-refractivity contribution is 0.407. The lowest BCUT2D eigenvalue weighted by Gasteiger charge is -2.07. The molecule has 0 unspecified atom stereocenters. The molecule has 0 aromatic heterocycles. The first-order valence-corrected chi connectivity index (χ1v) is 5.12. The Morgan fingerprint density at radius 2 is 2.17 bits per heavy atom. The fraction of sp³-hybridized carbons (Fsp3) is 0. The van der Waals surface area contributed by atoms with Gasteiger partial charge in [0.25, 0.3) is 0 Å². The highest BCUT2D eigenvalue weighted by molar-refractivity contribution is 9.10. The highest BCUT2D eigenvalue weighted by Crippen LogP contribution is 2.33. The number of aromatic hydroxyl groups is 1. The number of hydrazone groups is 1. The second kappa shape index (κ2) is 5.42. The van der Waals surface area contributed by atoms with Gasteiger partial charge in [-0.05, 0) is 22.0 Å². The molecule has 1 aromatic rings.